The van der Waals surface area contributed by atoms with Gasteiger partial charge < -0.3 is 5.32 Å². The lowest BCUT2D eigenvalue weighted by molar-refractivity contribution is 0.170. The molecule has 1 heterocycles. The lowest BCUT2D eigenvalue weighted by Gasteiger charge is -2.29. The lowest BCUT2D eigenvalue weighted by Crippen LogP contribution is -2.35. The highest BCUT2D eigenvalue weighted by molar-refractivity contribution is 7.15. The van der Waals surface area contributed by atoms with E-state index in [1.54, 1.807) is 0 Å². The van der Waals surface area contributed by atoms with Crippen molar-refractivity contribution in [3.05, 3.63) is 11.1 Å². The largest absolute Gasteiger partial charge is 0.362 e. The Morgan fingerprint density at radius 3 is 2.79 bits per heavy atom. The predicted octanol–water partition coefficient (Wildman–Crippen LogP) is 3.98. The fourth-order valence-corrected chi connectivity index (χ4v) is 3.80. The molecule has 0 saturated heterocycles. The zero-order valence-corrected chi connectivity index (χ0v) is 13.3. The van der Waals surface area contributed by atoms with E-state index >= 15 is 0 Å². The standard InChI is InChI=1S/C15H27N3S/c1-4-16-15-17-9-14(19-15)11-18(10-12(2)3)13-7-5-6-8-13/h9,12-13H,4-8,10-11H2,1-3H3,(H,16,17). The summed E-state index contributed by atoms with van der Waals surface area (Å²) in [5.41, 5.74) is 0. The van der Waals surface area contributed by atoms with E-state index in [0.29, 0.717) is 0 Å². The first-order valence-corrected chi connectivity index (χ1v) is 8.43. The second-order valence-corrected chi connectivity index (χ2v) is 7.04. The minimum atomic E-state index is 0.738. The van der Waals surface area contributed by atoms with Gasteiger partial charge in [0.15, 0.2) is 5.13 Å². The van der Waals surface area contributed by atoms with Crippen molar-refractivity contribution in [1.29, 1.82) is 0 Å². The Morgan fingerprint density at radius 2 is 2.16 bits per heavy atom. The molecule has 0 atom stereocenters. The molecule has 2 rings (SSSR count). The third kappa shape index (κ3) is 4.46. The first-order valence-electron chi connectivity index (χ1n) is 7.61. The van der Waals surface area contributed by atoms with Crippen molar-refractivity contribution in [3.63, 3.8) is 0 Å². The second kappa shape index (κ2) is 7.25. The van der Waals surface area contributed by atoms with Crippen molar-refractivity contribution in [2.45, 2.75) is 59.0 Å². The van der Waals surface area contributed by atoms with Crippen LogP contribution in [0.1, 0.15) is 51.3 Å². The van der Waals surface area contributed by atoms with E-state index < -0.39 is 0 Å². The summed E-state index contributed by atoms with van der Waals surface area (Å²) < 4.78 is 0. The van der Waals surface area contributed by atoms with Crippen LogP contribution >= 0.6 is 11.3 Å². The number of nitrogens with zero attached hydrogens (tertiary/aromatic N) is 2. The van der Waals surface area contributed by atoms with E-state index in [1.165, 1.54) is 37.1 Å². The van der Waals surface area contributed by atoms with Crippen molar-refractivity contribution >= 4 is 16.5 Å². The summed E-state index contributed by atoms with van der Waals surface area (Å²) in [6.45, 7) is 9.98. The van der Waals surface area contributed by atoms with Crippen LogP contribution in [-0.4, -0.2) is 29.0 Å². The van der Waals surface area contributed by atoms with Gasteiger partial charge in [0.25, 0.3) is 0 Å². The SMILES string of the molecule is CCNc1ncc(CN(CC(C)C)C2CCCC2)s1. The van der Waals surface area contributed by atoms with Gasteiger partial charge in [-0.3, -0.25) is 4.90 Å². The van der Waals surface area contributed by atoms with Crippen molar-refractivity contribution < 1.29 is 0 Å². The van der Waals surface area contributed by atoms with Crippen LogP contribution in [-0.2, 0) is 6.54 Å². The van der Waals surface area contributed by atoms with E-state index in [4.69, 9.17) is 0 Å². The molecule has 0 aromatic carbocycles. The number of aromatic nitrogens is 1. The average Bonchev–Trinajstić information content (AvgIpc) is 2.99. The summed E-state index contributed by atoms with van der Waals surface area (Å²) in [5, 5.41) is 4.36. The quantitative estimate of drug-likeness (QED) is 0.819. The summed E-state index contributed by atoms with van der Waals surface area (Å²) in [6, 6.07) is 0.798. The molecule has 3 nitrogen and oxygen atoms in total. The molecule has 1 aromatic heterocycles. The Kier molecular flexibility index (Phi) is 5.64. The van der Waals surface area contributed by atoms with Gasteiger partial charge in [-0.05, 0) is 25.7 Å². The van der Waals surface area contributed by atoms with Crippen LogP contribution in [0, 0.1) is 5.92 Å². The maximum absolute atomic E-state index is 4.45. The van der Waals surface area contributed by atoms with Gasteiger partial charge in [0.05, 0.1) is 0 Å². The molecule has 0 spiro atoms. The molecule has 0 amide bonds. The summed E-state index contributed by atoms with van der Waals surface area (Å²) in [5.74, 6) is 0.738. The van der Waals surface area contributed by atoms with Crippen molar-refractivity contribution in [3.8, 4) is 0 Å². The van der Waals surface area contributed by atoms with Gasteiger partial charge in [-0.1, -0.05) is 26.7 Å². The highest BCUT2D eigenvalue weighted by atomic mass is 32.1. The molecule has 0 radical (unpaired) electrons. The number of thiazole rings is 1. The molecular formula is C15H27N3S. The van der Waals surface area contributed by atoms with Crippen LogP contribution in [0.25, 0.3) is 0 Å². The molecule has 1 fully saturated rings. The number of rotatable bonds is 7. The van der Waals surface area contributed by atoms with Gasteiger partial charge in [-0.15, -0.1) is 11.3 Å². The van der Waals surface area contributed by atoms with Crippen LogP contribution < -0.4 is 5.32 Å². The Labute approximate surface area is 121 Å². The average molecular weight is 281 g/mol. The summed E-state index contributed by atoms with van der Waals surface area (Å²) >= 11 is 1.81. The molecule has 1 N–H and O–H groups in total. The first-order chi connectivity index (χ1) is 9.19. The van der Waals surface area contributed by atoms with Crippen LogP contribution in [0.2, 0.25) is 0 Å². The number of hydrogen-bond donors (Lipinski definition) is 1. The molecule has 19 heavy (non-hydrogen) atoms. The van der Waals surface area contributed by atoms with Gasteiger partial charge in [0.1, 0.15) is 0 Å². The minimum absolute atomic E-state index is 0.738. The smallest absolute Gasteiger partial charge is 0.182 e. The fourth-order valence-electron chi connectivity index (χ4n) is 2.89. The van der Waals surface area contributed by atoms with Crippen LogP contribution in [0.5, 0.6) is 0 Å². The summed E-state index contributed by atoms with van der Waals surface area (Å²) in [7, 11) is 0. The molecule has 108 valence electrons. The zero-order chi connectivity index (χ0) is 13.7. The van der Waals surface area contributed by atoms with E-state index in [-0.39, 0.29) is 0 Å². The van der Waals surface area contributed by atoms with Crippen molar-refractivity contribution in [2.75, 3.05) is 18.4 Å². The molecule has 0 unspecified atom stereocenters. The Bertz CT molecular complexity index is 369. The molecule has 1 saturated carbocycles. The van der Waals surface area contributed by atoms with Gasteiger partial charge in [0, 0.05) is 36.8 Å². The van der Waals surface area contributed by atoms with Crippen molar-refractivity contribution in [1.82, 2.24) is 9.88 Å². The number of nitrogens with one attached hydrogen (secondary N) is 1. The molecule has 1 aliphatic rings. The van der Waals surface area contributed by atoms with E-state index in [1.807, 2.05) is 17.5 Å². The lowest BCUT2D eigenvalue weighted by atomic mass is 10.1. The minimum Gasteiger partial charge on any atom is -0.362 e. The molecule has 1 aliphatic carbocycles. The van der Waals surface area contributed by atoms with E-state index in [2.05, 4.69) is 36.0 Å². The van der Waals surface area contributed by atoms with Crippen LogP contribution in [0.3, 0.4) is 0 Å². The van der Waals surface area contributed by atoms with E-state index in [0.717, 1.165) is 30.2 Å². The van der Waals surface area contributed by atoms with Gasteiger partial charge >= 0.3 is 0 Å². The predicted molar refractivity (Wildman–Crippen MR) is 83.8 cm³/mol. The molecule has 0 aliphatic heterocycles. The molecule has 1 aromatic rings. The first kappa shape index (κ1) is 14.8. The summed E-state index contributed by atoms with van der Waals surface area (Å²) in [6.07, 6.45) is 7.62. The summed E-state index contributed by atoms with van der Waals surface area (Å²) in [4.78, 5) is 8.52. The Morgan fingerprint density at radius 1 is 1.42 bits per heavy atom. The molecule has 0 bridgehead atoms. The third-order valence-corrected chi connectivity index (χ3v) is 4.62. The zero-order valence-electron chi connectivity index (χ0n) is 12.5. The third-order valence-electron chi connectivity index (χ3n) is 3.68. The van der Waals surface area contributed by atoms with Crippen LogP contribution in [0.15, 0.2) is 6.20 Å². The molecular weight excluding hydrogens is 254 g/mol. The maximum Gasteiger partial charge on any atom is 0.182 e. The monoisotopic (exact) mass is 281 g/mol. The maximum atomic E-state index is 4.45. The van der Waals surface area contributed by atoms with Gasteiger partial charge in [-0.2, -0.15) is 0 Å². The van der Waals surface area contributed by atoms with Crippen molar-refractivity contribution in [2.24, 2.45) is 5.92 Å². The number of anilines is 1. The Hall–Kier alpha value is -0.610. The second-order valence-electron chi connectivity index (χ2n) is 5.92. The highest BCUT2D eigenvalue weighted by Crippen LogP contribution is 2.27. The van der Waals surface area contributed by atoms with Crippen LogP contribution in [0.4, 0.5) is 5.13 Å². The number of hydrogen-bond acceptors (Lipinski definition) is 4. The fraction of sp³-hybridized carbons (Fsp3) is 0.800. The van der Waals surface area contributed by atoms with E-state index in [9.17, 15) is 0 Å². The Balaban J connectivity index is 1.97. The molecule has 4 heteroatoms. The van der Waals surface area contributed by atoms with Gasteiger partial charge in [-0.25, -0.2) is 4.98 Å². The normalized spacial score (nSPS) is 16.7. The topological polar surface area (TPSA) is 28.2 Å². The van der Waals surface area contributed by atoms with Gasteiger partial charge in [0.2, 0.25) is 0 Å². The highest BCUT2D eigenvalue weighted by Gasteiger charge is 2.23.